The van der Waals surface area contributed by atoms with Gasteiger partial charge in [0.1, 0.15) is 0 Å². The van der Waals surface area contributed by atoms with Crippen LogP contribution < -0.4 is 5.73 Å². The molecule has 0 spiro atoms. The van der Waals surface area contributed by atoms with Crippen molar-refractivity contribution in [3.8, 4) is 0 Å². The molecule has 0 radical (unpaired) electrons. The van der Waals surface area contributed by atoms with Crippen LogP contribution in [-0.2, 0) is 4.74 Å². The second-order valence-electron chi connectivity index (χ2n) is 4.30. The minimum Gasteiger partial charge on any atom is -0.397 e. The summed E-state index contributed by atoms with van der Waals surface area (Å²) in [6.45, 7) is 3.19. The molecule has 2 rings (SSSR count). The fourth-order valence-electron chi connectivity index (χ4n) is 2.04. The van der Waals surface area contributed by atoms with Gasteiger partial charge in [-0.1, -0.05) is 0 Å². The summed E-state index contributed by atoms with van der Waals surface area (Å²) in [4.78, 5) is 18.2. The number of pyridine rings is 1. The van der Waals surface area contributed by atoms with Crippen LogP contribution in [0.4, 0.5) is 5.69 Å². The van der Waals surface area contributed by atoms with Crippen LogP contribution in [0.2, 0.25) is 0 Å². The Morgan fingerprint density at radius 1 is 1.65 bits per heavy atom. The molecule has 5 heteroatoms. The number of hydrogen-bond acceptors (Lipinski definition) is 4. The van der Waals surface area contributed by atoms with Crippen LogP contribution in [0.1, 0.15) is 22.5 Å². The minimum atomic E-state index is -0.0122. The van der Waals surface area contributed by atoms with E-state index in [-0.39, 0.29) is 12.0 Å². The highest BCUT2D eigenvalue weighted by atomic mass is 16.5. The summed E-state index contributed by atoms with van der Waals surface area (Å²) in [6.07, 6.45) is 2.60. The highest BCUT2D eigenvalue weighted by molar-refractivity contribution is 5.96. The maximum Gasteiger partial charge on any atom is 0.255 e. The normalized spacial score (nSPS) is 19.6. The summed E-state index contributed by atoms with van der Waals surface area (Å²) in [7, 11) is 1.67. The maximum absolute atomic E-state index is 12.3. The maximum atomic E-state index is 12.3. The van der Waals surface area contributed by atoms with Gasteiger partial charge >= 0.3 is 0 Å². The number of nitrogens with two attached hydrogens (primary N) is 1. The van der Waals surface area contributed by atoms with Gasteiger partial charge in [-0.3, -0.25) is 9.78 Å². The molecule has 0 aliphatic carbocycles. The third kappa shape index (κ3) is 2.39. The monoisotopic (exact) mass is 235 g/mol. The fraction of sp³-hybridized carbons (Fsp3) is 0.500. The molecular weight excluding hydrogens is 218 g/mol. The zero-order valence-electron chi connectivity index (χ0n) is 10.1. The second-order valence-corrected chi connectivity index (χ2v) is 4.30. The number of likely N-dealkylation sites (tertiary alicyclic amines) is 1. The lowest BCUT2D eigenvalue weighted by molar-refractivity contribution is 0.0723. The fourth-order valence-corrected chi connectivity index (χ4v) is 2.04. The Balaban J connectivity index is 2.17. The molecule has 0 saturated carbocycles. The van der Waals surface area contributed by atoms with Gasteiger partial charge in [0.15, 0.2) is 0 Å². The number of methoxy groups -OCH3 is 1. The summed E-state index contributed by atoms with van der Waals surface area (Å²) < 4.78 is 5.25. The lowest BCUT2D eigenvalue weighted by Gasteiger charge is -2.17. The number of aryl methyl sites for hydroxylation is 1. The van der Waals surface area contributed by atoms with Crippen molar-refractivity contribution in [3.05, 3.63) is 23.5 Å². The first kappa shape index (κ1) is 11.9. The number of carbonyl (C=O) groups is 1. The Kier molecular flexibility index (Phi) is 3.28. The molecule has 1 aliphatic rings. The van der Waals surface area contributed by atoms with E-state index >= 15 is 0 Å². The van der Waals surface area contributed by atoms with Gasteiger partial charge in [0.25, 0.3) is 5.91 Å². The number of amides is 1. The summed E-state index contributed by atoms with van der Waals surface area (Å²) >= 11 is 0. The van der Waals surface area contributed by atoms with Gasteiger partial charge in [-0.25, -0.2) is 0 Å². The molecule has 1 unspecified atom stereocenters. The van der Waals surface area contributed by atoms with Gasteiger partial charge in [0.05, 0.1) is 29.2 Å². The third-order valence-electron chi connectivity index (χ3n) is 3.10. The topological polar surface area (TPSA) is 68.5 Å². The standard InChI is InChI=1S/C12H17N3O2/c1-8-11(5-9(13)6-14-8)12(16)15-4-3-10(7-15)17-2/h5-6,10H,3-4,7,13H2,1-2H3. The van der Waals surface area contributed by atoms with Crippen LogP contribution >= 0.6 is 0 Å². The van der Waals surface area contributed by atoms with E-state index in [2.05, 4.69) is 4.98 Å². The molecule has 0 bridgehead atoms. The van der Waals surface area contributed by atoms with Crippen molar-refractivity contribution in [3.63, 3.8) is 0 Å². The zero-order valence-corrected chi connectivity index (χ0v) is 10.1. The largest absolute Gasteiger partial charge is 0.397 e. The van der Waals surface area contributed by atoms with Gasteiger partial charge in [-0.05, 0) is 19.4 Å². The first-order valence-corrected chi connectivity index (χ1v) is 5.66. The molecule has 1 saturated heterocycles. The smallest absolute Gasteiger partial charge is 0.255 e. The number of anilines is 1. The number of nitrogens with zero attached hydrogens (tertiary/aromatic N) is 2. The highest BCUT2D eigenvalue weighted by Crippen LogP contribution is 2.18. The van der Waals surface area contributed by atoms with Gasteiger partial charge in [0.2, 0.25) is 0 Å². The van der Waals surface area contributed by atoms with E-state index in [1.807, 2.05) is 6.92 Å². The Bertz CT molecular complexity index is 434. The van der Waals surface area contributed by atoms with E-state index in [1.54, 1.807) is 24.3 Å². The lowest BCUT2D eigenvalue weighted by atomic mass is 10.1. The minimum absolute atomic E-state index is 0.0122. The molecule has 1 aliphatic heterocycles. The molecule has 5 nitrogen and oxygen atoms in total. The van der Waals surface area contributed by atoms with Crippen molar-refractivity contribution >= 4 is 11.6 Å². The van der Waals surface area contributed by atoms with Crippen LogP contribution in [0.5, 0.6) is 0 Å². The van der Waals surface area contributed by atoms with Crippen LogP contribution in [0, 0.1) is 6.92 Å². The number of aromatic nitrogens is 1. The molecule has 2 N–H and O–H groups in total. The first-order valence-electron chi connectivity index (χ1n) is 5.66. The number of hydrogen-bond donors (Lipinski definition) is 1. The first-order chi connectivity index (χ1) is 8.11. The number of nitrogen functional groups attached to an aromatic ring is 1. The summed E-state index contributed by atoms with van der Waals surface area (Å²) in [5, 5.41) is 0. The summed E-state index contributed by atoms with van der Waals surface area (Å²) in [5.74, 6) is -0.0122. The molecule has 0 aromatic carbocycles. The van der Waals surface area contributed by atoms with Crippen molar-refractivity contribution < 1.29 is 9.53 Å². The number of rotatable bonds is 2. The molecule has 92 valence electrons. The van der Waals surface area contributed by atoms with Gasteiger partial charge in [0, 0.05) is 20.2 Å². The molecule has 1 aromatic heterocycles. The van der Waals surface area contributed by atoms with Crippen molar-refractivity contribution in [1.29, 1.82) is 0 Å². The predicted octanol–water partition coefficient (Wildman–Crippen LogP) is 0.833. The lowest BCUT2D eigenvalue weighted by Crippen LogP contribution is -2.30. The number of ether oxygens (including phenoxy) is 1. The highest BCUT2D eigenvalue weighted by Gasteiger charge is 2.27. The molecule has 1 atom stereocenters. The van der Waals surface area contributed by atoms with Gasteiger partial charge in [-0.15, -0.1) is 0 Å². The van der Waals surface area contributed by atoms with Crippen LogP contribution in [0.25, 0.3) is 0 Å². The summed E-state index contributed by atoms with van der Waals surface area (Å²) in [5.41, 5.74) is 7.47. The van der Waals surface area contributed by atoms with E-state index in [0.717, 1.165) is 13.0 Å². The Labute approximate surface area is 101 Å². The zero-order chi connectivity index (χ0) is 12.4. The van der Waals surface area contributed by atoms with E-state index in [1.165, 1.54) is 0 Å². The quantitative estimate of drug-likeness (QED) is 0.824. The Hall–Kier alpha value is -1.62. The van der Waals surface area contributed by atoms with Crippen molar-refractivity contribution in [2.75, 3.05) is 25.9 Å². The van der Waals surface area contributed by atoms with Crippen molar-refractivity contribution in [2.45, 2.75) is 19.4 Å². The third-order valence-corrected chi connectivity index (χ3v) is 3.10. The molecule has 17 heavy (non-hydrogen) atoms. The average Bonchev–Trinajstić information content (AvgIpc) is 2.80. The molecule has 1 amide bonds. The van der Waals surface area contributed by atoms with Crippen molar-refractivity contribution in [2.24, 2.45) is 0 Å². The van der Waals surface area contributed by atoms with Crippen LogP contribution in [0.15, 0.2) is 12.3 Å². The average molecular weight is 235 g/mol. The molecule has 1 aromatic rings. The predicted molar refractivity (Wildman–Crippen MR) is 64.7 cm³/mol. The van der Waals surface area contributed by atoms with Crippen LogP contribution in [-0.4, -0.2) is 42.1 Å². The van der Waals surface area contributed by atoms with Crippen LogP contribution in [0.3, 0.4) is 0 Å². The van der Waals surface area contributed by atoms with E-state index in [0.29, 0.717) is 23.5 Å². The second kappa shape index (κ2) is 4.71. The Morgan fingerprint density at radius 3 is 3.06 bits per heavy atom. The van der Waals surface area contributed by atoms with Gasteiger partial charge in [-0.2, -0.15) is 0 Å². The van der Waals surface area contributed by atoms with E-state index in [4.69, 9.17) is 10.5 Å². The Morgan fingerprint density at radius 2 is 2.41 bits per heavy atom. The SMILES string of the molecule is COC1CCN(C(=O)c2cc(N)cnc2C)C1. The molecule has 1 fully saturated rings. The molecular formula is C12H17N3O2. The number of carbonyl (C=O) groups excluding carboxylic acids is 1. The van der Waals surface area contributed by atoms with Crippen molar-refractivity contribution in [1.82, 2.24) is 9.88 Å². The summed E-state index contributed by atoms with van der Waals surface area (Å²) in [6, 6.07) is 1.69. The van der Waals surface area contributed by atoms with E-state index < -0.39 is 0 Å². The van der Waals surface area contributed by atoms with Gasteiger partial charge < -0.3 is 15.4 Å². The van der Waals surface area contributed by atoms with E-state index in [9.17, 15) is 4.79 Å². The molecule has 2 heterocycles.